The average molecular weight is 398 g/mol. The van der Waals surface area contributed by atoms with E-state index in [0.29, 0.717) is 43.9 Å². The molecular formula is C20H26N6O3. The number of ether oxygens (including phenoxy) is 2. The predicted octanol–water partition coefficient (Wildman–Crippen LogP) is 2.16. The second-order valence-electron chi connectivity index (χ2n) is 7.42. The van der Waals surface area contributed by atoms with Crippen LogP contribution in [0.3, 0.4) is 0 Å². The maximum atomic E-state index is 13.4. The van der Waals surface area contributed by atoms with Crippen molar-refractivity contribution in [3.8, 4) is 0 Å². The third kappa shape index (κ3) is 4.47. The van der Waals surface area contributed by atoms with Gasteiger partial charge in [-0.05, 0) is 32.0 Å². The summed E-state index contributed by atoms with van der Waals surface area (Å²) in [4.78, 5) is 23.8. The summed E-state index contributed by atoms with van der Waals surface area (Å²) in [7, 11) is 0. The highest BCUT2D eigenvalue weighted by Gasteiger charge is 2.38. The molecule has 0 unspecified atom stereocenters. The Labute approximate surface area is 170 Å². The number of amides is 2. The molecule has 1 aromatic carbocycles. The molecule has 2 saturated heterocycles. The van der Waals surface area contributed by atoms with Crippen LogP contribution in [0.15, 0.2) is 42.6 Å². The number of aromatic nitrogens is 2. The maximum absolute atomic E-state index is 13.4. The van der Waals surface area contributed by atoms with Crippen molar-refractivity contribution in [1.29, 1.82) is 0 Å². The minimum atomic E-state index is -0.323. The zero-order valence-corrected chi connectivity index (χ0v) is 16.6. The highest BCUT2D eigenvalue weighted by atomic mass is 16.5. The normalized spacial score (nSPS) is 21.6. The fraction of sp³-hybridized carbons (Fsp3) is 0.450. The van der Waals surface area contributed by atoms with Gasteiger partial charge in [-0.2, -0.15) is 4.98 Å². The SMILES string of the molecule is CC(C)Nc1ccnc(N(C(=O)NN2C3COCC2COC3)c2ccccc2)n1. The Balaban J connectivity index is 1.62. The molecule has 3 heterocycles. The lowest BCUT2D eigenvalue weighted by Gasteiger charge is -2.45. The molecule has 9 heteroatoms. The number of fused-ring (bicyclic) bond motifs is 2. The van der Waals surface area contributed by atoms with E-state index in [0.717, 1.165) is 0 Å². The van der Waals surface area contributed by atoms with Gasteiger partial charge >= 0.3 is 6.03 Å². The molecule has 2 fully saturated rings. The molecular weight excluding hydrogens is 372 g/mol. The summed E-state index contributed by atoms with van der Waals surface area (Å²) in [5.74, 6) is 0.962. The molecule has 0 saturated carbocycles. The summed E-state index contributed by atoms with van der Waals surface area (Å²) < 4.78 is 11.2. The molecule has 2 bridgehead atoms. The number of anilines is 3. The Hall–Kier alpha value is -2.75. The van der Waals surface area contributed by atoms with Crippen LogP contribution in [0, 0.1) is 0 Å². The van der Waals surface area contributed by atoms with Crippen LogP contribution >= 0.6 is 0 Å². The third-order valence-corrected chi connectivity index (χ3v) is 4.75. The number of nitrogens with zero attached hydrogens (tertiary/aromatic N) is 4. The van der Waals surface area contributed by atoms with Gasteiger partial charge in [0.15, 0.2) is 0 Å². The van der Waals surface area contributed by atoms with Crippen molar-refractivity contribution in [1.82, 2.24) is 20.4 Å². The first kappa shape index (κ1) is 19.6. The van der Waals surface area contributed by atoms with E-state index < -0.39 is 0 Å². The second kappa shape index (κ2) is 8.73. The molecule has 154 valence electrons. The number of nitrogens with one attached hydrogen (secondary N) is 2. The van der Waals surface area contributed by atoms with Crippen molar-refractivity contribution < 1.29 is 14.3 Å². The minimum Gasteiger partial charge on any atom is -0.378 e. The van der Waals surface area contributed by atoms with Gasteiger partial charge in [0.25, 0.3) is 0 Å². The number of carbonyl (C=O) groups excluding carboxylic acids is 1. The number of para-hydroxylation sites is 1. The van der Waals surface area contributed by atoms with Crippen molar-refractivity contribution in [3.05, 3.63) is 42.6 Å². The first-order chi connectivity index (χ1) is 14.1. The fourth-order valence-electron chi connectivity index (χ4n) is 3.47. The van der Waals surface area contributed by atoms with Crippen molar-refractivity contribution >= 4 is 23.5 Å². The number of hydrogen-bond donors (Lipinski definition) is 2. The quantitative estimate of drug-likeness (QED) is 0.797. The molecule has 4 rings (SSSR count). The molecule has 29 heavy (non-hydrogen) atoms. The van der Waals surface area contributed by atoms with Gasteiger partial charge in [0.1, 0.15) is 5.82 Å². The van der Waals surface area contributed by atoms with E-state index in [4.69, 9.17) is 9.47 Å². The van der Waals surface area contributed by atoms with Gasteiger partial charge in [-0.15, -0.1) is 0 Å². The molecule has 2 aliphatic rings. The number of urea groups is 1. The Morgan fingerprint density at radius 2 is 1.76 bits per heavy atom. The van der Waals surface area contributed by atoms with Gasteiger partial charge < -0.3 is 14.8 Å². The molecule has 1 aromatic heterocycles. The van der Waals surface area contributed by atoms with Crippen molar-refractivity contribution in [2.45, 2.75) is 32.0 Å². The minimum absolute atomic E-state index is 0.0149. The van der Waals surface area contributed by atoms with Gasteiger partial charge in [-0.1, -0.05) is 18.2 Å². The van der Waals surface area contributed by atoms with Crippen LogP contribution in [0.4, 0.5) is 22.2 Å². The second-order valence-corrected chi connectivity index (χ2v) is 7.42. The number of hydrazine groups is 1. The van der Waals surface area contributed by atoms with Crippen LogP contribution in [-0.4, -0.2) is 65.6 Å². The summed E-state index contributed by atoms with van der Waals surface area (Å²) in [5.41, 5.74) is 3.72. The van der Waals surface area contributed by atoms with Crippen molar-refractivity contribution in [2.75, 3.05) is 36.6 Å². The van der Waals surface area contributed by atoms with E-state index in [-0.39, 0.29) is 24.2 Å². The highest BCUT2D eigenvalue weighted by Crippen LogP contribution is 2.24. The molecule has 0 aliphatic carbocycles. The molecule has 9 nitrogen and oxygen atoms in total. The molecule has 2 aromatic rings. The summed E-state index contributed by atoms with van der Waals surface area (Å²) in [6, 6.07) is 11.0. The lowest BCUT2D eigenvalue weighted by molar-refractivity contribution is -0.150. The van der Waals surface area contributed by atoms with Crippen LogP contribution in [0.25, 0.3) is 0 Å². The topological polar surface area (TPSA) is 91.9 Å². The standard InChI is InChI=1S/C20H26N6O3/c1-14(2)22-18-8-9-21-19(23-18)25(15-6-4-3-5-7-15)20(27)24-26-16-10-28-12-17(26)13-29-11-16/h3-9,14,16-17H,10-13H2,1-2H3,(H,24,27)(H,21,22,23). The Morgan fingerprint density at radius 3 is 2.38 bits per heavy atom. The number of benzene rings is 1. The van der Waals surface area contributed by atoms with Crippen LogP contribution < -0.4 is 15.6 Å². The lowest BCUT2D eigenvalue weighted by Crippen LogP contribution is -2.66. The maximum Gasteiger partial charge on any atom is 0.343 e. The molecule has 0 radical (unpaired) electrons. The summed E-state index contributed by atoms with van der Waals surface area (Å²) in [6.45, 7) is 6.14. The van der Waals surface area contributed by atoms with Crippen molar-refractivity contribution in [3.63, 3.8) is 0 Å². The van der Waals surface area contributed by atoms with E-state index in [2.05, 4.69) is 20.7 Å². The van der Waals surface area contributed by atoms with Crippen LogP contribution in [0.1, 0.15) is 13.8 Å². The molecule has 0 atom stereocenters. The van der Waals surface area contributed by atoms with Crippen LogP contribution in [0.2, 0.25) is 0 Å². The van der Waals surface area contributed by atoms with Gasteiger partial charge in [0.05, 0.1) is 44.2 Å². The van der Waals surface area contributed by atoms with E-state index >= 15 is 0 Å². The summed E-state index contributed by atoms with van der Waals surface area (Å²) in [5, 5.41) is 5.20. The fourth-order valence-corrected chi connectivity index (χ4v) is 3.47. The van der Waals surface area contributed by atoms with Crippen LogP contribution in [0.5, 0.6) is 0 Å². The van der Waals surface area contributed by atoms with E-state index in [1.54, 1.807) is 12.3 Å². The Morgan fingerprint density at radius 1 is 1.10 bits per heavy atom. The van der Waals surface area contributed by atoms with Crippen LogP contribution in [-0.2, 0) is 9.47 Å². The zero-order chi connectivity index (χ0) is 20.2. The van der Waals surface area contributed by atoms with Gasteiger partial charge in [-0.3, -0.25) is 5.43 Å². The lowest BCUT2D eigenvalue weighted by atomic mass is 10.1. The molecule has 2 aliphatic heterocycles. The van der Waals surface area contributed by atoms with Gasteiger partial charge in [0.2, 0.25) is 5.95 Å². The smallest absolute Gasteiger partial charge is 0.343 e. The average Bonchev–Trinajstić information content (AvgIpc) is 2.69. The van der Waals surface area contributed by atoms with Gasteiger partial charge in [0, 0.05) is 12.2 Å². The van der Waals surface area contributed by atoms with E-state index in [1.807, 2.05) is 49.2 Å². The summed E-state index contributed by atoms with van der Waals surface area (Å²) >= 11 is 0. The summed E-state index contributed by atoms with van der Waals surface area (Å²) in [6.07, 6.45) is 1.65. The molecule has 2 amide bonds. The third-order valence-electron chi connectivity index (χ3n) is 4.75. The predicted molar refractivity (Wildman–Crippen MR) is 109 cm³/mol. The number of morpholine rings is 2. The number of hydrogen-bond acceptors (Lipinski definition) is 7. The first-order valence-electron chi connectivity index (χ1n) is 9.81. The van der Waals surface area contributed by atoms with Crippen molar-refractivity contribution in [2.24, 2.45) is 0 Å². The molecule has 2 N–H and O–H groups in total. The van der Waals surface area contributed by atoms with E-state index in [9.17, 15) is 4.79 Å². The Bertz CT molecular complexity index is 812. The van der Waals surface area contributed by atoms with Gasteiger partial charge in [-0.25, -0.2) is 19.7 Å². The zero-order valence-electron chi connectivity index (χ0n) is 16.6. The first-order valence-corrected chi connectivity index (χ1v) is 9.81. The number of carbonyl (C=O) groups is 1. The monoisotopic (exact) mass is 398 g/mol. The highest BCUT2D eigenvalue weighted by molar-refractivity contribution is 5.97. The Kier molecular flexibility index (Phi) is 5.89. The largest absolute Gasteiger partial charge is 0.378 e. The number of rotatable bonds is 5. The molecule has 0 spiro atoms. The van der Waals surface area contributed by atoms with E-state index in [1.165, 1.54) is 4.90 Å².